The van der Waals surface area contributed by atoms with Gasteiger partial charge in [-0.3, -0.25) is 0 Å². The van der Waals surface area contributed by atoms with Gasteiger partial charge in [0.05, 0.1) is 0 Å². The molecule has 0 aliphatic heterocycles. The number of rotatable bonds is 3. The summed E-state index contributed by atoms with van der Waals surface area (Å²) < 4.78 is 25.4. The van der Waals surface area contributed by atoms with Gasteiger partial charge in [-0.05, 0) is 36.5 Å². The summed E-state index contributed by atoms with van der Waals surface area (Å²) in [5, 5.41) is 0. The van der Waals surface area contributed by atoms with Crippen LogP contribution in [0.2, 0.25) is 0 Å². The molecule has 13 heavy (non-hydrogen) atoms. The van der Waals surface area contributed by atoms with Crippen molar-refractivity contribution in [2.24, 2.45) is 5.92 Å². The fourth-order valence-corrected chi connectivity index (χ4v) is 1.21. The quantitative estimate of drug-likeness (QED) is 0.673. The number of halogens is 2. The Balaban J connectivity index is 2.66. The van der Waals surface area contributed by atoms with Crippen LogP contribution in [0.15, 0.2) is 18.2 Å². The average molecular weight is 184 g/mol. The topological polar surface area (TPSA) is 0 Å². The Kier molecular flexibility index (Phi) is 3.40. The van der Waals surface area contributed by atoms with Gasteiger partial charge in [0, 0.05) is 6.07 Å². The van der Waals surface area contributed by atoms with Crippen LogP contribution in [0.25, 0.3) is 0 Å². The summed E-state index contributed by atoms with van der Waals surface area (Å²) in [5.74, 6) is -0.413. The summed E-state index contributed by atoms with van der Waals surface area (Å²) in [6.07, 6.45) is 1.70. The van der Waals surface area contributed by atoms with Crippen molar-refractivity contribution in [2.45, 2.75) is 26.7 Å². The van der Waals surface area contributed by atoms with Gasteiger partial charge in [0.1, 0.15) is 11.6 Å². The van der Waals surface area contributed by atoms with Crippen molar-refractivity contribution in [2.75, 3.05) is 0 Å². The molecule has 0 fully saturated rings. The summed E-state index contributed by atoms with van der Waals surface area (Å²) in [6, 6.07) is 3.69. The van der Waals surface area contributed by atoms with Crippen molar-refractivity contribution >= 4 is 0 Å². The maximum atomic E-state index is 12.7. The second-order valence-corrected chi connectivity index (χ2v) is 3.71. The number of benzene rings is 1. The monoisotopic (exact) mass is 184 g/mol. The molecule has 0 aliphatic rings. The van der Waals surface area contributed by atoms with E-state index in [4.69, 9.17) is 0 Å². The molecule has 1 aromatic rings. The van der Waals surface area contributed by atoms with Crippen molar-refractivity contribution in [3.8, 4) is 0 Å². The first-order valence-corrected chi connectivity index (χ1v) is 4.53. The van der Waals surface area contributed by atoms with Crippen molar-refractivity contribution in [1.29, 1.82) is 0 Å². The van der Waals surface area contributed by atoms with E-state index < -0.39 is 11.6 Å². The lowest BCUT2D eigenvalue weighted by Crippen LogP contribution is -1.93. The zero-order valence-corrected chi connectivity index (χ0v) is 7.98. The minimum atomic E-state index is -0.487. The van der Waals surface area contributed by atoms with Crippen LogP contribution in [-0.4, -0.2) is 0 Å². The molecular formula is C11H14F2. The van der Waals surface area contributed by atoms with E-state index in [0.717, 1.165) is 24.5 Å². The molecule has 0 amide bonds. The van der Waals surface area contributed by atoms with Crippen molar-refractivity contribution in [3.63, 3.8) is 0 Å². The molecule has 0 N–H and O–H groups in total. The summed E-state index contributed by atoms with van der Waals surface area (Å²) in [6.45, 7) is 4.19. The Hall–Kier alpha value is -0.920. The minimum Gasteiger partial charge on any atom is -0.207 e. The maximum absolute atomic E-state index is 12.7. The second kappa shape index (κ2) is 4.35. The third kappa shape index (κ3) is 3.53. The lowest BCUT2D eigenvalue weighted by molar-refractivity contribution is 0.563. The summed E-state index contributed by atoms with van der Waals surface area (Å²) >= 11 is 0. The van der Waals surface area contributed by atoms with Gasteiger partial charge in [0.2, 0.25) is 0 Å². The predicted octanol–water partition coefficient (Wildman–Crippen LogP) is 3.55. The molecule has 0 aliphatic carbocycles. The van der Waals surface area contributed by atoms with Crippen LogP contribution in [0, 0.1) is 17.6 Å². The Morgan fingerprint density at radius 1 is 1.08 bits per heavy atom. The van der Waals surface area contributed by atoms with E-state index in [2.05, 4.69) is 13.8 Å². The standard InChI is InChI=1S/C11H14F2/c1-8(2)3-4-9-5-10(12)7-11(13)6-9/h5-8H,3-4H2,1-2H3. The Labute approximate surface area is 77.6 Å². The molecule has 0 spiro atoms. The molecule has 0 nitrogen and oxygen atoms in total. The fraction of sp³-hybridized carbons (Fsp3) is 0.455. The highest BCUT2D eigenvalue weighted by Crippen LogP contribution is 2.12. The maximum Gasteiger partial charge on any atom is 0.126 e. The van der Waals surface area contributed by atoms with Crippen molar-refractivity contribution in [1.82, 2.24) is 0 Å². The van der Waals surface area contributed by atoms with E-state index in [9.17, 15) is 8.78 Å². The third-order valence-corrected chi connectivity index (χ3v) is 1.93. The summed E-state index contributed by atoms with van der Waals surface area (Å²) in [7, 11) is 0. The first-order chi connectivity index (χ1) is 6.08. The smallest absolute Gasteiger partial charge is 0.126 e. The van der Waals surface area contributed by atoms with Gasteiger partial charge in [-0.1, -0.05) is 13.8 Å². The lowest BCUT2D eigenvalue weighted by Gasteiger charge is -2.04. The van der Waals surface area contributed by atoms with E-state index in [-0.39, 0.29) is 0 Å². The molecular weight excluding hydrogens is 170 g/mol. The first kappa shape index (κ1) is 10.2. The zero-order valence-electron chi connectivity index (χ0n) is 7.98. The van der Waals surface area contributed by atoms with Gasteiger partial charge >= 0.3 is 0 Å². The zero-order chi connectivity index (χ0) is 9.84. The van der Waals surface area contributed by atoms with E-state index >= 15 is 0 Å². The van der Waals surface area contributed by atoms with E-state index in [1.165, 1.54) is 12.1 Å². The molecule has 0 saturated heterocycles. The highest BCUT2D eigenvalue weighted by molar-refractivity contribution is 5.17. The molecule has 0 bridgehead atoms. The predicted molar refractivity (Wildman–Crippen MR) is 49.5 cm³/mol. The van der Waals surface area contributed by atoms with Crippen molar-refractivity contribution < 1.29 is 8.78 Å². The molecule has 0 atom stereocenters. The average Bonchev–Trinajstić information content (AvgIpc) is 1.99. The minimum absolute atomic E-state index is 0.487. The van der Waals surface area contributed by atoms with Gasteiger partial charge in [-0.15, -0.1) is 0 Å². The molecule has 0 heterocycles. The Morgan fingerprint density at radius 2 is 1.62 bits per heavy atom. The van der Waals surface area contributed by atoms with Crippen LogP contribution < -0.4 is 0 Å². The SMILES string of the molecule is CC(C)CCc1cc(F)cc(F)c1. The molecule has 2 heteroatoms. The number of hydrogen-bond donors (Lipinski definition) is 0. The molecule has 1 rings (SSSR count). The van der Waals surface area contributed by atoms with Crippen LogP contribution >= 0.6 is 0 Å². The molecule has 0 aromatic heterocycles. The van der Waals surface area contributed by atoms with Crippen LogP contribution in [0.1, 0.15) is 25.8 Å². The molecule has 1 aromatic carbocycles. The summed E-state index contributed by atoms with van der Waals surface area (Å²) in [5.41, 5.74) is 0.742. The number of hydrogen-bond acceptors (Lipinski definition) is 0. The van der Waals surface area contributed by atoms with Gasteiger partial charge in [-0.25, -0.2) is 8.78 Å². The second-order valence-electron chi connectivity index (χ2n) is 3.71. The van der Waals surface area contributed by atoms with Gasteiger partial charge in [0.25, 0.3) is 0 Å². The highest BCUT2D eigenvalue weighted by atomic mass is 19.1. The lowest BCUT2D eigenvalue weighted by atomic mass is 10.0. The van der Waals surface area contributed by atoms with Crippen LogP contribution in [0.4, 0.5) is 8.78 Å². The van der Waals surface area contributed by atoms with Crippen LogP contribution in [0.3, 0.4) is 0 Å². The Morgan fingerprint density at radius 3 is 2.08 bits per heavy atom. The van der Waals surface area contributed by atoms with Gasteiger partial charge < -0.3 is 0 Å². The first-order valence-electron chi connectivity index (χ1n) is 4.53. The highest BCUT2D eigenvalue weighted by Gasteiger charge is 2.01. The molecule has 0 radical (unpaired) electrons. The summed E-state index contributed by atoms with van der Waals surface area (Å²) in [4.78, 5) is 0. The number of aryl methyl sites for hydroxylation is 1. The normalized spacial score (nSPS) is 10.8. The largest absolute Gasteiger partial charge is 0.207 e. The third-order valence-electron chi connectivity index (χ3n) is 1.93. The molecule has 0 saturated carbocycles. The Bertz CT molecular complexity index is 259. The van der Waals surface area contributed by atoms with Crippen molar-refractivity contribution in [3.05, 3.63) is 35.4 Å². The van der Waals surface area contributed by atoms with Crippen LogP contribution in [0.5, 0.6) is 0 Å². The van der Waals surface area contributed by atoms with Gasteiger partial charge in [0.15, 0.2) is 0 Å². The van der Waals surface area contributed by atoms with Crippen LogP contribution in [-0.2, 0) is 6.42 Å². The van der Waals surface area contributed by atoms with E-state index in [0.29, 0.717) is 5.92 Å². The van der Waals surface area contributed by atoms with Gasteiger partial charge in [-0.2, -0.15) is 0 Å². The molecule has 72 valence electrons. The van der Waals surface area contributed by atoms with E-state index in [1.807, 2.05) is 0 Å². The molecule has 0 unspecified atom stereocenters. The fourth-order valence-electron chi connectivity index (χ4n) is 1.21. The van der Waals surface area contributed by atoms with E-state index in [1.54, 1.807) is 0 Å².